The van der Waals surface area contributed by atoms with Crippen LogP contribution in [0, 0.1) is 18.8 Å². The van der Waals surface area contributed by atoms with Crippen molar-refractivity contribution in [2.45, 2.75) is 33.7 Å². The fraction of sp³-hybridized carbons (Fsp3) is 0.667. The number of aryl methyl sites for hydroxylation is 1. The Morgan fingerprint density at radius 3 is 2.27 bits per heavy atom. The summed E-state index contributed by atoms with van der Waals surface area (Å²) < 4.78 is 1.25. The molecular formula is C12H20BrNS. The summed E-state index contributed by atoms with van der Waals surface area (Å²) in [7, 11) is 2.05. The van der Waals surface area contributed by atoms with Crippen molar-refractivity contribution in [3.8, 4) is 0 Å². The van der Waals surface area contributed by atoms with E-state index < -0.39 is 0 Å². The van der Waals surface area contributed by atoms with Crippen LogP contribution < -0.4 is 5.32 Å². The summed E-state index contributed by atoms with van der Waals surface area (Å²) in [6.45, 7) is 9.03. The topological polar surface area (TPSA) is 12.0 Å². The van der Waals surface area contributed by atoms with E-state index in [1.807, 2.05) is 18.4 Å². The first-order valence-electron chi connectivity index (χ1n) is 5.40. The highest BCUT2D eigenvalue weighted by Gasteiger charge is 2.23. The van der Waals surface area contributed by atoms with Gasteiger partial charge < -0.3 is 5.32 Å². The fourth-order valence-corrected chi connectivity index (χ4v) is 3.85. The fourth-order valence-electron chi connectivity index (χ4n) is 1.73. The SMILES string of the molecule is CNC(c1sc(C)cc1Br)C(C)C(C)C. The van der Waals surface area contributed by atoms with Crippen LogP contribution in [0.2, 0.25) is 0 Å². The number of hydrogen-bond acceptors (Lipinski definition) is 2. The third-order valence-corrected chi connectivity index (χ3v) is 5.06. The number of halogens is 1. The molecule has 0 bridgehead atoms. The molecule has 0 aliphatic carbocycles. The van der Waals surface area contributed by atoms with Crippen LogP contribution in [0.5, 0.6) is 0 Å². The monoisotopic (exact) mass is 289 g/mol. The molecule has 0 saturated carbocycles. The minimum absolute atomic E-state index is 0.457. The predicted octanol–water partition coefficient (Wildman–Crippen LogP) is 4.37. The molecule has 0 aliphatic rings. The largest absolute Gasteiger partial charge is 0.312 e. The Kier molecular flexibility index (Phi) is 4.81. The van der Waals surface area contributed by atoms with Crippen LogP contribution in [-0.4, -0.2) is 7.05 Å². The van der Waals surface area contributed by atoms with Crippen LogP contribution in [0.4, 0.5) is 0 Å². The molecule has 86 valence electrons. The summed E-state index contributed by atoms with van der Waals surface area (Å²) >= 11 is 5.53. The molecule has 2 unspecified atom stereocenters. The van der Waals surface area contributed by atoms with Crippen LogP contribution in [0.25, 0.3) is 0 Å². The summed E-state index contributed by atoms with van der Waals surface area (Å²) in [5, 5.41) is 3.43. The van der Waals surface area contributed by atoms with E-state index in [-0.39, 0.29) is 0 Å². The van der Waals surface area contributed by atoms with Gasteiger partial charge in [0.2, 0.25) is 0 Å². The summed E-state index contributed by atoms with van der Waals surface area (Å²) in [4.78, 5) is 2.80. The van der Waals surface area contributed by atoms with Gasteiger partial charge in [-0.05, 0) is 47.8 Å². The lowest BCUT2D eigenvalue weighted by molar-refractivity contribution is 0.320. The standard InChI is InChI=1S/C12H20BrNS/c1-7(2)9(4)11(14-5)12-10(13)6-8(3)15-12/h6-7,9,11,14H,1-5H3. The van der Waals surface area contributed by atoms with E-state index in [0.717, 1.165) is 0 Å². The molecule has 15 heavy (non-hydrogen) atoms. The third-order valence-electron chi connectivity index (χ3n) is 3.01. The van der Waals surface area contributed by atoms with Crippen molar-refractivity contribution in [2.75, 3.05) is 7.05 Å². The Labute approximate surface area is 105 Å². The van der Waals surface area contributed by atoms with Crippen LogP contribution in [0.3, 0.4) is 0 Å². The normalized spacial score (nSPS) is 15.7. The van der Waals surface area contributed by atoms with Gasteiger partial charge in [0, 0.05) is 20.3 Å². The Morgan fingerprint density at radius 1 is 1.33 bits per heavy atom. The van der Waals surface area contributed by atoms with E-state index in [4.69, 9.17) is 0 Å². The smallest absolute Gasteiger partial charge is 0.0452 e. The molecular weight excluding hydrogens is 270 g/mol. The van der Waals surface area contributed by atoms with Gasteiger partial charge in [0.15, 0.2) is 0 Å². The van der Waals surface area contributed by atoms with Crippen molar-refractivity contribution < 1.29 is 0 Å². The van der Waals surface area contributed by atoms with Crippen molar-refractivity contribution in [3.63, 3.8) is 0 Å². The second-order valence-electron chi connectivity index (χ2n) is 4.44. The van der Waals surface area contributed by atoms with Crippen molar-refractivity contribution >= 4 is 27.3 Å². The first-order valence-corrected chi connectivity index (χ1v) is 7.01. The summed E-state index contributed by atoms with van der Waals surface area (Å²) in [6.07, 6.45) is 0. The van der Waals surface area contributed by atoms with E-state index >= 15 is 0 Å². The van der Waals surface area contributed by atoms with Gasteiger partial charge >= 0.3 is 0 Å². The Morgan fingerprint density at radius 2 is 1.93 bits per heavy atom. The van der Waals surface area contributed by atoms with Gasteiger partial charge in [-0.3, -0.25) is 0 Å². The molecule has 1 N–H and O–H groups in total. The molecule has 0 saturated heterocycles. The van der Waals surface area contributed by atoms with Crippen molar-refractivity contribution in [2.24, 2.45) is 11.8 Å². The molecule has 0 aromatic carbocycles. The number of nitrogens with one attached hydrogen (secondary N) is 1. The number of thiophene rings is 1. The molecule has 0 radical (unpaired) electrons. The lowest BCUT2D eigenvalue weighted by atomic mass is 9.89. The van der Waals surface area contributed by atoms with Gasteiger partial charge in [-0.2, -0.15) is 0 Å². The lowest BCUT2D eigenvalue weighted by Crippen LogP contribution is -2.26. The number of rotatable bonds is 4. The zero-order chi connectivity index (χ0) is 11.6. The van der Waals surface area contributed by atoms with Crippen LogP contribution in [0.15, 0.2) is 10.5 Å². The molecule has 1 heterocycles. The van der Waals surface area contributed by atoms with Crippen molar-refractivity contribution in [3.05, 3.63) is 20.3 Å². The summed E-state index contributed by atoms with van der Waals surface area (Å²) in [5.41, 5.74) is 0. The van der Waals surface area contributed by atoms with Gasteiger partial charge in [0.05, 0.1) is 0 Å². The van der Waals surface area contributed by atoms with E-state index in [0.29, 0.717) is 17.9 Å². The Bertz CT molecular complexity index is 319. The molecule has 1 rings (SSSR count). The molecule has 1 nitrogen and oxygen atoms in total. The zero-order valence-corrected chi connectivity index (χ0v) is 12.5. The Balaban J connectivity index is 2.96. The summed E-state index contributed by atoms with van der Waals surface area (Å²) in [6, 6.07) is 2.66. The zero-order valence-electron chi connectivity index (χ0n) is 10.1. The van der Waals surface area contributed by atoms with Gasteiger partial charge in [0.25, 0.3) is 0 Å². The minimum Gasteiger partial charge on any atom is -0.312 e. The lowest BCUT2D eigenvalue weighted by Gasteiger charge is -2.26. The molecule has 2 atom stereocenters. The van der Waals surface area contributed by atoms with Gasteiger partial charge in [-0.25, -0.2) is 0 Å². The predicted molar refractivity (Wildman–Crippen MR) is 72.6 cm³/mol. The van der Waals surface area contributed by atoms with Gasteiger partial charge in [-0.1, -0.05) is 20.8 Å². The molecule has 0 fully saturated rings. The van der Waals surface area contributed by atoms with Crippen molar-refractivity contribution in [1.29, 1.82) is 0 Å². The average Bonchev–Trinajstić information content (AvgIpc) is 2.47. The summed E-state index contributed by atoms with van der Waals surface area (Å²) in [5.74, 6) is 1.33. The van der Waals surface area contributed by atoms with E-state index in [2.05, 4.69) is 55.0 Å². The highest BCUT2D eigenvalue weighted by molar-refractivity contribution is 9.10. The third kappa shape index (κ3) is 3.05. The van der Waals surface area contributed by atoms with Crippen LogP contribution in [0.1, 0.15) is 36.6 Å². The highest BCUT2D eigenvalue weighted by Crippen LogP contribution is 2.37. The van der Waals surface area contributed by atoms with E-state index in [1.165, 1.54) is 14.2 Å². The van der Waals surface area contributed by atoms with Crippen molar-refractivity contribution in [1.82, 2.24) is 5.32 Å². The second kappa shape index (κ2) is 5.46. The minimum atomic E-state index is 0.457. The number of hydrogen-bond donors (Lipinski definition) is 1. The van der Waals surface area contributed by atoms with Crippen LogP contribution >= 0.6 is 27.3 Å². The second-order valence-corrected chi connectivity index (χ2v) is 6.58. The molecule has 3 heteroatoms. The van der Waals surface area contributed by atoms with Crippen LogP contribution in [-0.2, 0) is 0 Å². The van der Waals surface area contributed by atoms with E-state index in [1.54, 1.807) is 0 Å². The maximum atomic E-state index is 3.65. The first kappa shape index (κ1) is 13.2. The van der Waals surface area contributed by atoms with Gasteiger partial charge in [-0.15, -0.1) is 11.3 Å². The quantitative estimate of drug-likeness (QED) is 0.868. The van der Waals surface area contributed by atoms with E-state index in [9.17, 15) is 0 Å². The molecule has 0 amide bonds. The highest BCUT2D eigenvalue weighted by atomic mass is 79.9. The maximum absolute atomic E-state index is 3.65. The average molecular weight is 290 g/mol. The molecule has 1 aromatic heterocycles. The van der Waals surface area contributed by atoms with Gasteiger partial charge in [0.1, 0.15) is 0 Å². The molecule has 0 spiro atoms. The maximum Gasteiger partial charge on any atom is 0.0452 e. The molecule has 1 aromatic rings. The Hall–Kier alpha value is 0.140. The first-order chi connectivity index (χ1) is 6.97. The molecule has 0 aliphatic heterocycles.